The summed E-state index contributed by atoms with van der Waals surface area (Å²) in [6, 6.07) is 0. The summed E-state index contributed by atoms with van der Waals surface area (Å²) < 4.78 is 34.4. The van der Waals surface area contributed by atoms with Crippen molar-refractivity contribution in [2.24, 2.45) is 0 Å². The van der Waals surface area contributed by atoms with E-state index in [1.807, 2.05) is 57.6 Å². The van der Waals surface area contributed by atoms with Crippen molar-refractivity contribution in [3.05, 3.63) is 48.6 Å². The van der Waals surface area contributed by atoms with Crippen LogP contribution in [0.1, 0.15) is 162 Å². The summed E-state index contributed by atoms with van der Waals surface area (Å²) in [6.07, 6.45) is 40.1. The lowest BCUT2D eigenvalue weighted by Crippen LogP contribution is -2.37. The third-order valence-electron chi connectivity index (χ3n) is 8.96. The van der Waals surface area contributed by atoms with Gasteiger partial charge < -0.3 is 33.0 Å². The molecule has 0 aromatic carbocycles. The van der Waals surface area contributed by atoms with E-state index in [2.05, 4.69) is 19.9 Å². The summed E-state index contributed by atoms with van der Waals surface area (Å²) in [5, 5.41) is 10.0. The van der Waals surface area contributed by atoms with E-state index < -0.39 is 26.0 Å². The number of allylic oxidation sites excluding steroid dienone is 6. The average molecular weight is 784 g/mol. The van der Waals surface area contributed by atoms with E-state index in [4.69, 9.17) is 18.5 Å². The number of aliphatic hydroxyl groups is 1. The maximum absolute atomic E-state index is 12.6. The number of likely N-dealkylation sites (N-methyl/N-ethyl adjacent to an activating group) is 1. The molecule has 0 spiro atoms. The summed E-state index contributed by atoms with van der Waals surface area (Å²) in [6.45, 7) is 5.20. The van der Waals surface area contributed by atoms with Crippen molar-refractivity contribution in [2.75, 3.05) is 54.1 Å². The number of carbonyl (C=O) groups excluding carboxylic acids is 1. The molecule has 0 aliphatic rings. The van der Waals surface area contributed by atoms with Crippen LogP contribution in [0.4, 0.5) is 0 Å². The topological polar surface area (TPSA) is 114 Å². The van der Waals surface area contributed by atoms with Crippen LogP contribution in [0, 0.1) is 0 Å². The Balaban J connectivity index is 4.42. The fraction of sp³-hybridized carbons (Fsp3) is 0.795. The van der Waals surface area contributed by atoms with Crippen molar-refractivity contribution >= 4 is 13.8 Å². The molecule has 54 heavy (non-hydrogen) atoms. The molecular formula is C44H82NO8P. The number of hydrogen-bond donors (Lipinski definition) is 1. The lowest BCUT2D eigenvalue weighted by molar-refractivity contribution is -0.870. The second kappa shape index (κ2) is 37.0. The molecule has 0 aliphatic carbocycles. The van der Waals surface area contributed by atoms with Gasteiger partial charge in [-0.1, -0.05) is 159 Å². The predicted octanol–water partition coefficient (Wildman–Crippen LogP) is 10.7. The van der Waals surface area contributed by atoms with Gasteiger partial charge in [-0.2, -0.15) is 0 Å². The van der Waals surface area contributed by atoms with Crippen molar-refractivity contribution in [1.29, 1.82) is 0 Å². The van der Waals surface area contributed by atoms with Crippen LogP contribution in [0.3, 0.4) is 0 Å². The van der Waals surface area contributed by atoms with Crippen molar-refractivity contribution in [3.63, 3.8) is 0 Å². The molecular weight excluding hydrogens is 701 g/mol. The number of unbranched alkanes of at least 4 members (excludes halogenated alkanes) is 17. The highest BCUT2D eigenvalue weighted by atomic mass is 31.2. The average Bonchev–Trinajstić information content (AvgIpc) is 3.11. The van der Waals surface area contributed by atoms with Crippen LogP contribution < -0.4 is 4.89 Å². The maximum Gasteiger partial charge on any atom is 0.306 e. The summed E-state index contributed by atoms with van der Waals surface area (Å²) in [5.74, 6) is -0.414. The van der Waals surface area contributed by atoms with E-state index in [9.17, 15) is 19.4 Å². The number of hydrogen-bond acceptors (Lipinski definition) is 8. The minimum absolute atomic E-state index is 0.00458. The lowest BCUT2D eigenvalue weighted by Gasteiger charge is -2.28. The third-order valence-corrected chi connectivity index (χ3v) is 9.93. The molecule has 0 saturated heterocycles. The third kappa shape index (κ3) is 40.1. The Morgan fingerprint density at radius 2 is 1.26 bits per heavy atom. The van der Waals surface area contributed by atoms with Crippen LogP contribution >= 0.6 is 7.82 Å². The van der Waals surface area contributed by atoms with E-state index in [0.717, 1.165) is 32.1 Å². The first-order chi connectivity index (χ1) is 26.0. The zero-order chi connectivity index (χ0) is 40.0. The molecule has 0 amide bonds. The standard InChI is InChI=1S/C44H82NO8P/c1-6-8-10-12-14-15-16-17-18-19-22-25-29-33-38-50-40-43(41-52-54(48,49)51-39-37-45(3,4)5)53-44(47)36-32-28-24-21-20-23-27-31-35-42(46)34-30-26-13-11-9-7-2/h21,23-24,26-27,30-31,35,42-43,46H,6-20,22,25,28-29,32-34,36-41H2,1-5H3/b24-21-,27-23-,30-26-,35-31+. The molecule has 3 atom stereocenters. The van der Waals surface area contributed by atoms with E-state index in [1.54, 1.807) is 6.08 Å². The number of aliphatic hydroxyl groups excluding tert-OH is 1. The largest absolute Gasteiger partial charge is 0.756 e. The number of phosphoric ester groups is 1. The number of nitrogens with zero attached hydrogens (tertiary/aromatic N) is 1. The Morgan fingerprint density at radius 1 is 0.685 bits per heavy atom. The van der Waals surface area contributed by atoms with Gasteiger partial charge in [-0.05, 0) is 44.9 Å². The first kappa shape index (κ1) is 52.4. The van der Waals surface area contributed by atoms with E-state index in [1.165, 1.54) is 96.3 Å². The second-order valence-electron chi connectivity index (χ2n) is 15.6. The fourth-order valence-corrected chi connectivity index (χ4v) is 6.29. The quantitative estimate of drug-likeness (QED) is 0.0164. The van der Waals surface area contributed by atoms with Crippen LogP contribution in [-0.2, 0) is 27.9 Å². The van der Waals surface area contributed by atoms with Gasteiger partial charge in [0.25, 0.3) is 7.82 Å². The molecule has 0 aromatic rings. The van der Waals surface area contributed by atoms with Gasteiger partial charge in [0.1, 0.15) is 19.3 Å². The fourth-order valence-electron chi connectivity index (χ4n) is 5.56. The highest BCUT2D eigenvalue weighted by Crippen LogP contribution is 2.38. The van der Waals surface area contributed by atoms with Crippen LogP contribution in [0.2, 0.25) is 0 Å². The molecule has 316 valence electrons. The maximum atomic E-state index is 12.6. The SMILES string of the molecule is CCCCC/C=C\CC(O)/C=C/C=C\C/C=C\CCCC(=O)OC(COCCCCCCCCCCCCCCCC)COP(=O)([O-])OCC[N+](C)(C)C. The number of ether oxygens (including phenoxy) is 2. The number of quaternary nitrogens is 1. The molecule has 10 heteroatoms. The van der Waals surface area contributed by atoms with Gasteiger partial charge in [-0.3, -0.25) is 9.36 Å². The minimum Gasteiger partial charge on any atom is -0.756 e. The lowest BCUT2D eigenvalue weighted by atomic mass is 10.0. The molecule has 0 radical (unpaired) electrons. The number of rotatable bonds is 39. The van der Waals surface area contributed by atoms with Gasteiger partial charge in [0.05, 0.1) is 40.5 Å². The van der Waals surface area contributed by atoms with E-state index in [0.29, 0.717) is 30.5 Å². The normalized spacial score (nSPS) is 14.9. The van der Waals surface area contributed by atoms with Crippen LogP contribution in [0.25, 0.3) is 0 Å². The number of esters is 1. The zero-order valence-corrected chi connectivity index (χ0v) is 36.2. The molecule has 3 unspecified atom stereocenters. The van der Waals surface area contributed by atoms with Crippen molar-refractivity contribution < 1.29 is 42.4 Å². The van der Waals surface area contributed by atoms with Gasteiger partial charge in [0.2, 0.25) is 0 Å². The molecule has 0 heterocycles. The molecule has 0 rings (SSSR count). The van der Waals surface area contributed by atoms with Gasteiger partial charge >= 0.3 is 5.97 Å². The van der Waals surface area contributed by atoms with Crippen molar-refractivity contribution in [2.45, 2.75) is 174 Å². The van der Waals surface area contributed by atoms with Crippen LogP contribution in [0.5, 0.6) is 0 Å². The number of phosphoric acid groups is 1. The number of carbonyl (C=O) groups is 1. The Morgan fingerprint density at radius 3 is 1.89 bits per heavy atom. The molecule has 1 N–H and O–H groups in total. The summed E-state index contributed by atoms with van der Waals surface area (Å²) in [4.78, 5) is 25.0. The molecule has 0 aromatic heterocycles. The van der Waals surface area contributed by atoms with Crippen molar-refractivity contribution in [3.8, 4) is 0 Å². The van der Waals surface area contributed by atoms with E-state index in [-0.39, 0.29) is 26.2 Å². The Labute approximate surface area is 331 Å². The summed E-state index contributed by atoms with van der Waals surface area (Å²) in [7, 11) is 1.28. The van der Waals surface area contributed by atoms with Crippen LogP contribution in [-0.4, -0.2) is 81.9 Å². The highest BCUT2D eigenvalue weighted by Gasteiger charge is 2.20. The zero-order valence-electron chi connectivity index (χ0n) is 35.3. The van der Waals surface area contributed by atoms with Gasteiger partial charge in [-0.15, -0.1) is 0 Å². The second-order valence-corrected chi connectivity index (χ2v) is 17.0. The monoisotopic (exact) mass is 784 g/mol. The Kier molecular flexibility index (Phi) is 35.9. The predicted molar refractivity (Wildman–Crippen MR) is 223 cm³/mol. The smallest absolute Gasteiger partial charge is 0.306 e. The van der Waals surface area contributed by atoms with E-state index >= 15 is 0 Å². The van der Waals surface area contributed by atoms with Crippen LogP contribution in [0.15, 0.2) is 48.6 Å². The Hall–Kier alpha value is -1.58. The molecule has 0 saturated carbocycles. The molecule has 0 aliphatic heterocycles. The molecule has 0 bridgehead atoms. The van der Waals surface area contributed by atoms with Gasteiger partial charge in [-0.25, -0.2) is 0 Å². The first-order valence-electron chi connectivity index (χ1n) is 21.5. The minimum atomic E-state index is -4.55. The van der Waals surface area contributed by atoms with Gasteiger partial charge in [0, 0.05) is 13.0 Å². The first-order valence-corrected chi connectivity index (χ1v) is 22.9. The van der Waals surface area contributed by atoms with Crippen molar-refractivity contribution in [1.82, 2.24) is 0 Å². The summed E-state index contributed by atoms with van der Waals surface area (Å²) in [5.41, 5.74) is 0. The highest BCUT2D eigenvalue weighted by molar-refractivity contribution is 7.45. The molecule has 9 nitrogen and oxygen atoms in total. The molecule has 0 fully saturated rings. The Bertz CT molecular complexity index is 1020. The van der Waals surface area contributed by atoms with Gasteiger partial charge in [0.15, 0.2) is 0 Å². The summed E-state index contributed by atoms with van der Waals surface area (Å²) >= 11 is 0.